The molecule has 0 saturated heterocycles. The van der Waals surface area contributed by atoms with E-state index in [0.717, 1.165) is 12.1 Å². The molecule has 10 heteroatoms. The van der Waals surface area contributed by atoms with Gasteiger partial charge in [0.05, 0.1) is 6.42 Å². The first-order valence-corrected chi connectivity index (χ1v) is 8.40. The second-order valence-electron chi connectivity index (χ2n) is 5.86. The summed E-state index contributed by atoms with van der Waals surface area (Å²) in [7, 11) is 0. The lowest BCUT2D eigenvalue weighted by atomic mass is 10.2. The molecule has 0 atom stereocenters. The highest BCUT2D eigenvalue weighted by Gasteiger charge is 2.13. The van der Waals surface area contributed by atoms with Crippen LogP contribution in [0.5, 0.6) is 0 Å². The van der Waals surface area contributed by atoms with E-state index in [1.54, 1.807) is 0 Å². The molecule has 2 aromatic carbocycles. The topological polar surface area (TPSA) is 94.3 Å². The molecule has 0 radical (unpaired) electrons. The van der Waals surface area contributed by atoms with Crippen LogP contribution in [0.15, 0.2) is 47.0 Å². The summed E-state index contributed by atoms with van der Waals surface area (Å²) in [5.74, 6) is -3.52. The first-order valence-electron chi connectivity index (χ1n) is 8.40. The summed E-state index contributed by atoms with van der Waals surface area (Å²) in [6.07, 6.45) is -0.0403. The number of halogens is 3. The van der Waals surface area contributed by atoms with Crippen LogP contribution in [0, 0.1) is 17.5 Å². The van der Waals surface area contributed by atoms with Gasteiger partial charge in [0.25, 0.3) is 5.91 Å². The highest BCUT2D eigenvalue weighted by atomic mass is 19.2. The predicted octanol–water partition coefficient (Wildman–Crippen LogP) is 3.27. The minimum Gasteiger partial charge on any atom is -0.456 e. The molecule has 0 aliphatic rings. The van der Waals surface area contributed by atoms with Crippen LogP contribution in [0.4, 0.5) is 18.9 Å². The average molecular weight is 405 g/mol. The number of rotatable bonds is 7. The smallest absolute Gasteiger partial charge is 0.306 e. The monoisotopic (exact) mass is 405 g/mol. The van der Waals surface area contributed by atoms with Gasteiger partial charge in [-0.3, -0.25) is 9.59 Å². The van der Waals surface area contributed by atoms with E-state index in [4.69, 9.17) is 9.26 Å². The van der Waals surface area contributed by atoms with Gasteiger partial charge in [0.1, 0.15) is 5.82 Å². The zero-order valence-electron chi connectivity index (χ0n) is 14.8. The molecular weight excluding hydrogens is 391 g/mol. The van der Waals surface area contributed by atoms with Crippen LogP contribution in [0.25, 0.3) is 11.4 Å². The minimum absolute atomic E-state index is 0.0316. The van der Waals surface area contributed by atoms with Crippen molar-refractivity contribution in [1.82, 2.24) is 10.1 Å². The van der Waals surface area contributed by atoms with Gasteiger partial charge in [-0.05, 0) is 36.4 Å². The maximum atomic E-state index is 13.1. The number of aromatic nitrogens is 2. The van der Waals surface area contributed by atoms with Crippen molar-refractivity contribution in [3.8, 4) is 11.4 Å². The fourth-order valence-electron chi connectivity index (χ4n) is 2.27. The zero-order chi connectivity index (χ0) is 20.8. The summed E-state index contributed by atoms with van der Waals surface area (Å²) >= 11 is 0. The molecule has 3 rings (SSSR count). The molecule has 7 nitrogen and oxygen atoms in total. The predicted molar refractivity (Wildman–Crippen MR) is 94.0 cm³/mol. The van der Waals surface area contributed by atoms with Crippen molar-refractivity contribution in [3.63, 3.8) is 0 Å². The SMILES string of the molecule is O=C(COC(=O)CCc1nc(-c2ccc(F)cc2)no1)Nc1ccc(F)c(F)c1. The van der Waals surface area contributed by atoms with Gasteiger partial charge in [-0.15, -0.1) is 0 Å². The molecule has 0 unspecified atom stereocenters. The van der Waals surface area contributed by atoms with Crippen molar-refractivity contribution >= 4 is 17.6 Å². The van der Waals surface area contributed by atoms with Crippen LogP contribution < -0.4 is 5.32 Å². The van der Waals surface area contributed by atoms with Gasteiger partial charge in [0, 0.05) is 23.7 Å². The van der Waals surface area contributed by atoms with Gasteiger partial charge < -0.3 is 14.6 Å². The molecule has 0 aliphatic heterocycles. The largest absolute Gasteiger partial charge is 0.456 e. The average Bonchev–Trinajstić information content (AvgIpc) is 3.17. The van der Waals surface area contributed by atoms with Crippen molar-refractivity contribution in [2.24, 2.45) is 0 Å². The number of hydrogen-bond donors (Lipinski definition) is 1. The van der Waals surface area contributed by atoms with E-state index in [0.29, 0.717) is 5.56 Å². The Morgan fingerprint density at radius 2 is 1.79 bits per heavy atom. The Balaban J connectivity index is 1.43. The van der Waals surface area contributed by atoms with Gasteiger partial charge in [-0.2, -0.15) is 4.98 Å². The third kappa shape index (κ3) is 5.64. The molecule has 29 heavy (non-hydrogen) atoms. The Morgan fingerprint density at radius 1 is 1.03 bits per heavy atom. The Labute approximate surface area is 162 Å². The molecule has 1 N–H and O–H groups in total. The Kier molecular flexibility index (Phi) is 6.22. The van der Waals surface area contributed by atoms with Crippen LogP contribution in [0.3, 0.4) is 0 Å². The molecule has 150 valence electrons. The van der Waals surface area contributed by atoms with Crippen molar-refractivity contribution in [2.75, 3.05) is 11.9 Å². The molecule has 0 fully saturated rings. The number of hydrogen-bond acceptors (Lipinski definition) is 6. The normalized spacial score (nSPS) is 10.6. The molecule has 1 amide bonds. The van der Waals surface area contributed by atoms with Gasteiger partial charge in [0.2, 0.25) is 11.7 Å². The van der Waals surface area contributed by atoms with Gasteiger partial charge in [0.15, 0.2) is 18.2 Å². The standard InChI is InChI=1S/C19H14F3N3O4/c20-12-3-1-11(2-4-12)19-24-17(29-25-19)7-8-18(27)28-10-16(26)23-13-5-6-14(21)15(22)9-13/h1-6,9H,7-8,10H2,(H,23,26). The lowest BCUT2D eigenvalue weighted by molar-refractivity contribution is -0.147. The highest BCUT2D eigenvalue weighted by Crippen LogP contribution is 2.17. The second-order valence-corrected chi connectivity index (χ2v) is 5.86. The molecule has 1 heterocycles. The maximum absolute atomic E-state index is 13.1. The molecule has 0 saturated carbocycles. The van der Waals surface area contributed by atoms with Gasteiger partial charge in [-0.25, -0.2) is 13.2 Å². The number of nitrogens with one attached hydrogen (secondary N) is 1. The second kappa shape index (κ2) is 9.00. The van der Waals surface area contributed by atoms with E-state index >= 15 is 0 Å². The summed E-state index contributed by atoms with van der Waals surface area (Å²) in [5, 5.41) is 6.02. The van der Waals surface area contributed by atoms with E-state index in [9.17, 15) is 22.8 Å². The number of aryl methyl sites for hydroxylation is 1. The Hall–Kier alpha value is -3.69. The van der Waals surface area contributed by atoms with Crippen LogP contribution in [0.2, 0.25) is 0 Å². The van der Waals surface area contributed by atoms with Crippen molar-refractivity contribution in [2.45, 2.75) is 12.8 Å². The van der Waals surface area contributed by atoms with E-state index in [1.807, 2.05) is 0 Å². The van der Waals surface area contributed by atoms with E-state index < -0.39 is 35.9 Å². The summed E-state index contributed by atoms with van der Waals surface area (Å²) in [4.78, 5) is 27.5. The number of amides is 1. The molecular formula is C19H14F3N3O4. The molecule has 0 bridgehead atoms. The van der Waals surface area contributed by atoms with Gasteiger partial charge in [-0.1, -0.05) is 5.16 Å². The van der Waals surface area contributed by atoms with Crippen molar-refractivity contribution in [3.05, 3.63) is 65.8 Å². The zero-order valence-corrected chi connectivity index (χ0v) is 14.8. The third-order valence-electron chi connectivity index (χ3n) is 3.68. The first kappa shape index (κ1) is 20.1. The number of carbonyl (C=O) groups excluding carboxylic acids is 2. The van der Waals surface area contributed by atoms with E-state index in [2.05, 4.69) is 15.5 Å². The minimum atomic E-state index is -1.11. The summed E-state index contributed by atoms with van der Waals surface area (Å²) in [6.45, 7) is -0.595. The summed E-state index contributed by atoms with van der Waals surface area (Å²) in [5.41, 5.74) is 0.585. The van der Waals surface area contributed by atoms with Crippen molar-refractivity contribution < 1.29 is 32.0 Å². The van der Waals surface area contributed by atoms with Gasteiger partial charge >= 0.3 is 5.97 Å². The first-order chi connectivity index (χ1) is 13.9. The molecule has 3 aromatic rings. The maximum Gasteiger partial charge on any atom is 0.306 e. The highest BCUT2D eigenvalue weighted by molar-refractivity contribution is 5.92. The van der Waals surface area contributed by atoms with Crippen molar-refractivity contribution in [1.29, 1.82) is 0 Å². The van der Waals surface area contributed by atoms with E-state index in [1.165, 1.54) is 30.3 Å². The quantitative estimate of drug-likeness (QED) is 0.607. The van der Waals surface area contributed by atoms with Crippen LogP contribution in [-0.2, 0) is 20.7 Å². The third-order valence-corrected chi connectivity index (χ3v) is 3.68. The summed E-state index contributed by atoms with van der Waals surface area (Å²) < 4.78 is 48.7. The molecule has 0 aliphatic carbocycles. The van der Waals surface area contributed by atoms with E-state index in [-0.39, 0.29) is 30.2 Å². The number of ether oxygens (including phenoxy) is 1. The molecule has 0 spiro atoms. The Bertz CT molecular complexity index is 1020. The molecule has 1 aromatic heterocycles. The number of esters is 1. The van der Waals surface area contributed by atoms with Crippen LogP contribution in [0.1, 0.15) is 12.3 Å². The number of nitrogens with zero attached hydrogens (tertiary/aromatic N) is 2. The number of benzene rings is 2. The van der Waals surface area contributed by atoms with Crippen LogP contribution >= 0.6 is 0 Å². The fraction of sp³-hybridized carbons (Fsp3) is 0.158. The number of anilines is 1. The fourth-order valence-corrected chi connectivity index (χ4v) is 2.27. The summed E-state index contributed by atoms with van der Waals surface area (Å²) in [6, 6.07) is 8.34. The van der Waals surface area contributed by atoms with Crippen LogP contribution in [-0.4, -0.2) is 28.6 Å². The lowest BCUT2D eigenvalue weighted by Gasteiger charge is -2.06. The lowest BCUT2D eigenvalue weighted by Crippen LogP contribution is -2.21. The number of carbonyl (C=O) groups is 2. The Morgan fingerprint density at radius 3 is 2.52 bits per heavy atom.